The van der Waals surface area contributed by atoms with E-state index >= 15 is 0 Å². The number of ether oxygens (including phenoxy) is 2. The fourth-order valence-electron chi connectivity index (χ4n) is 0.518. The molecule has 74 valence electrons. The van der Waals surface area contributed by atoms with E-state index in [9.17, 15) is 14.4 Å². The summed E-state index contributed by atoms with van der Waals surface area (Å²) in [5.74, 6) is -2.42. The maximum atomic E-state index is 10.8. The van der Waals surface area contributed by atoms with Crippen LogP contribution in [0, 0.1) is 0 Å². The molecule has 6 nitrogen and oxygen atoms in total. The first-order valence-electron chi connectivity index (χ1n) is 3.39. The Morgan fingerprint density at radius 2 is 1.43 bits per heavy atom. The first-order chi connectivity index (χ1) is 5.97. The van der Waals surface area contributed by atoms with Crippen molar-refractivity contribution in [3.8, 4) is 0 Å². The topological polar surface area (TPSA) is 78.9 Å². The second kappa shape index (κ2) is 7.84. The third kappa shape index (κ3) is 6.93. The standard InChI is InChI=1S/C6H9BO6.Na.H/c1-3(8)11-6(5(10)13-7)12-4(2)9;;/h6H,7H2,1-2H3;;. The molecule has 0 atom stereocenters. The molecule has 0 radical (unpaired) electrons. The van der Waals surface area contributed by atoms with Gasteiger partial charge in [-0.05, 0) is 0 Å². The van der Waals surface area contributed by atoms with E-state index in [1.807, 2.05) is 0 Å². The number of hydrogen-bond donors (Lipinski definition) is 0. The molecular formula is C6H10BNaO6. The summed E-state index contributed by atoms with van der Waals surface area (Å²) in [7, 11) is 1.09. The van der Waals surface area contributed by atoms with E-state index in [0.29, 0.717) is 0 Å². The molecule has 0 unspecified atom stereocenters. The fourth-order valence-corrected chi connectivity index (χ4v) is 0.518. The molecule has 0 aromatic heterocycles. The molecule has 0 N–H and O–H groups in total. The van der Waals surface area contributed by atoms with Gasteiger partial charge in [-0.1, -0.05) is 0 Å². The zero-order valence-corrected chi connectivity index (χ0v) is 7.53. The van der Waals surface area contributed by atoms with Gasteiger partial charge in [-0.15, -0.1) is 0 Å². The predicted octanol–water partition coefficient (Wildman–Crippen LogP) is -2.12. The summed E-state index contributed by atoms with van der Waals surface area (Å²) in [5.41, 5.74) is 0. The maximum absolute atomic E-state index is 10.8. The Morgan fingerprint density at radius 1 is 1.07 bits per heavy atom. The number of hydrogen-bond acceptors (Lipinski definition) is 6. The molecule has 0 bridgehead atoms. The van der Waals surface area contributed by atoms with Crippen molar-refractivity contribution in [3.63, 3.8) is 0 Å². The quantitative estimate of drug-likeness (QED) is 0.302. The minimum atomic E-state index is -1.61. The summed E-state index contributed by atoms with van der Waals surface area (Å²) in [5, 5.41) is 0. The van der Waals surface area contributed by atoms with Crippen molar-refractivity contribution in [1.29, 1.82) is 0 Å². The van der Waals surface area contributed by atoms with Gasteiger partial charge in [0.05, 0.1) is 0 Å². The van der Waals surface area contributed by atoms with Gasteiger partial charge in [0.2, 0.25) is 0 Å². The molecule has 0 aromatic carbocycles. The van der Waals surface area contributed by atoms with Crippen molar-refractivity contribution in [3.05, 3.63) is 0 Å². The van der Waals surface area contributed by atoms with Gasteiger partial charge in [-0.3, -0.25) is 9.59 Å². The van der Waals surface area contributed by atoms with Crippen LogP contribution in [0.25, 0.3) is 0 Å². The Bertz CT molecular complexity index is 214. The van der Waals surface area contributed by atoms with Crippen molar-refractivity contribution >= 4 is 55.5 Å². The summed E-state index contributed by atoms with van der Waals surface area (Å²) in [6.45, 7) is 2.17. The Kier molecular flexibility index (Phi) is 8.92. The molecule has 0 heterocycles. The van der Waals surface area contributed by atoms with Crippen LogP contribution in [-0.2, 0) is 28.5 Å². The second-order valence-electron chi connectivity index (χ2n) is 2.07. The molecule has 0 aliphatic heterocycles. The molecule has 0 spiro atoms. The fraction of sp³-hybridized carbons (Fsp3) is 0.500. The molecule has 14 heavy (non-hydrogen) atoms. The van der Waals surface area contributed by atoms with E-state index in [0.717, 1.165) is 21.9 Å². The predicted molar refractivity (Wildman–Crippen MR) is 49.1 cm³/mol. The summed E-state index contributed by atoms with van der Waals surface area (Å²) in [4.78, 5) is 31.7. The van der Waals surface area contributed by atoms with E-state index < -0.39 is 24.2 Å². The van der Waals surface area contributed by atoms with E-state index in [-0.39, 0.29) is 29.6 Å². The van der Waals surface area contributed by atoms with Crippen LogP contribution in [0.15, 0.2) is 0 Å². The number of esters is 2. The normalized spacial score (nSPS) is 8.50. The van der Waals surface area contributed by atoms with Crippen LogP contribution >= 0.6 is 0 Å². The van der Waals surface area contributed by atoms with E-state index in [1.54, 1.807) is 0 Å². The van der Waals surface area contributed by atoms with Gasteiger partial charge in [-0.25, -0.2) is 4.79 Å². The van der Waals surface area contributed by atoms with Crippen LogP contribution in [0.1, 0.15) is 13.8 Å². The summed E-state index contributed by atoms with van der Waals surface area (Å²) in [6.07, 6.45) is -1.61. The second-order valence-corrected chi connectivity index (χ2v) is 2.07. The van der Waals surface area contributed by atoms with Crippen LogP contribution in [0.5, 0.6) is 0 Å². The molecule has 0 rings (SSSR count). The SMILES string of the molecule is BOC(=O)C(OC(C)=O)OC(C)=O.[NaH]. The van der Waals surface area contributed by atoms with E-state index in [1.165, 1.54) is 0 Å². The molecule has 0 aliphatic carbocycles. The van der Waals surface area contributed by atoms with Crippen LogP contribution in [0.2, 0.25) is 0 Å². The number of rotatable bonds is 3. The van der Waals surface area contributed by atoms with Crippen LogP contribution in [-0.4, -0.2) is 61.8 Å². The van der Waals surface area contributed by atoms with E-state index in [4.69, 9.17) is 0 Å². The average molecular weight is 212 g/mol. The summed E-state index contributed by atoms with van der Waals surface area (Å²) in [6, 6.07) is 0. The molecule has 0 saturated carbocycles. The summed E-state index contributed by atoms with van der Waals surface area (Å²) < 4.78 is 12.9. The molecular weight excluding hydrogens is 202 g/mol. The van der Waals surface area contributed by atoms with Crippen molar-refractivity contribution < 1.29 is 28.5 Å². The third-order valence-corrected chi connectivity index (χ3v) is 0.940. The molecule has 0 aliphatic rings. The molecule has 0 aromatic rings. The first-order valence-corrected chi connectivity index (χ1v) is 3.39. The van der Waals surface area contributed by atoms with Crippen LogP contribution in [0.4, 0.5) is 0 Å². The van der Waals surface area contributed by atoms with Crippen molar-refractivity contribution in [2.75, 3.05) is 0 Å². The molecule has 8 heteroatoms. The van der Waals surface area contributed by atoms with Crippen molar-refractivity contribution in [2.45, 2.75) is 20.1 Å². The van der Waals surface area contributed by atoms with Gasteiger partial charge in [0, 0.05) is 13.8 Å². The summed E-state index contributed by atoms with van der Waals surface area (Å²) >= 11 is 0. The van der Waals surface area contributed by atoms with Gasteiger partial charge in [0.1, 0.15) is 0 Å². The van der Waals surface area contributed by atoms with Crippen LogP contribution in [0.3, 0.4) is 0 Å². The molecule has 0 saturated heterocycles. The molecule has 0 amide bonds. The first kappa shape index (κ1) is 15.9. The average Bonchev–Trinajstić information content (AvgIpc) is 2.00. The van der Waals surface area contributed by atoms with Gasteiger partial charge in [-0.2, -0.15) is 0 Å². The minimum absolute atomic E-state index is 0. The van der Waals surface area contributed by atoms with Crippen molar-refractivity contribution in [1.82, 2.24) is 0 Å². The van der Waals surface area contributed by atoms with Crippen molar-refractivity contribution in [2.24, 2.45) is 0 Å². The Morgan fingerprint density at radius 3 is 1.64 bits per heavy atom. The zero-order chi connectivity index (χ0) is 10.4. The number of carbonyl (C=O) groups is 3. The Balaban J connectivity index is 0. The number of carbonyl (C=O) groups excluding carboxylic acids is 3. The Labute approximate surface area is 104 Å². The van der Waals surface area contributed by atoms with Gasteiger partial charge >= 0.3 is 61.8 Å². The van der Waals surface area contributed by atoms with Crippen LogP contribution < -0.4 is 0 Å². The monoisotopic (exact) mass is 212 g/mol. The van der Waals surface area contributed by atoms with Gasteiger partial charge in [0.25, 0.3) is 0 Å². The Hall–Kier alpha value is -0.525. The van der Waals surface area contributed by atoms with Gasteiger partial charge in [0.15, 0.2) is 0 Å². The zero-order valence-electron chi connectivity index (χ0n) is 7.53. The van der Waals surface area contributed by atoms with Gasteiger partial charge < -0.3 is 14.1 Å². The molecule has 0 fully saturated rings. The third-order valence-electron chi connectivity index (χ3n) is 0.940. The van der Waals surface area contributed by atoms with E-state index in [2.05, 4.69) is 14.1 Å².